The number of nitrogens with one attached hydrogen (secondary N) is 2. The average Bonchev–Trinajstić information content (AvgIpc) is 2.59. The van der Waals surface area contributed by atoms with E-state index < -0.39 is 18.6 Å². The number of carbonyl (C=O) groups is 2. The number of halogens is 2. The maximum Gasteiger partial charge on any atom is 0.317 e. The standard InChI is InChI=1S/C16H27F2N3O3/c17-15(18)13-11-21(8-9-24-13)16(23)20-7-6-19-14(22)10-12-4-2-1-3-5-12/h12-13,15H,1-11H2,(H,19,22)(H,20,23)/t13-/m1/s1. The van der Waals surface area contributed by atoms with Crippen molar-refractivity contribution in [2.24, 2.45) is 5.92 Å². The lowest BCUT2D eigenvalue weighted by atomic mass is 9.87. The lowest BCUT2D eigenvalue weighted by Crippen LogP contribution is -2.52. The highest BCUT2D eigenvalue weighted by Crippen LogP contribution is 2.25. The van der Waals surface area contributed by atoms with Gasteiger partial charge in [0.25, 0.3) is 6.43 Å². The van der Waals surface area contributed by atoms with E-state index in [9.17, 15) is 18.4 Å². The molecule has 1 aliphatic carbocycles. The van der Waals surface area contributed by atoms with Gasteiger partial charge in [-0.1, -0.05) is 19.3 Å². The lowest BCUT2D eigenvalue weighted by Gasteiger charge is -2.32. The Morgan fingerprint density at radius 1 is 1.12 bits per heavy atom. The highest BCUT2D eigenvalue weighted by atomic mass is 19.3. The molecule has 0 spiro atoms. The van der Waals surface area contributed by atoms with Crippen LogP contribution in [0.15, 0.2) is 0 Å². The van der Waals surface area contributed by atoms with E-state index in [1.165, 1.54) is 24.2 Å². The van der Waals surface area contributed by atoms with Crippen molar-refractivity contribution < 1.29 is 23.1 Å². The summed E-state index contributed by atoms with van der Waals surface area (Å²) in [6.07, 6.45) is 2.63. The molecule has 6 nitrogen and oxygen atoms in total. The van der Waals surface area contributed by atoms with Crippen molar-refractivity contribution in [3.8, 4) is 0 Å². The van der Waals surface area contributed by atoms with Gasteiger partial charge in [0.1, 0.15) is 6.10 Å². The maximum absolute atomic E-state index is 12.6. The van der Waals surface area contributed by atoms with E-state index in [1.807, 2.05) is 0 Å². The van der Waals surface area contributed by atoms with Crippen LogP contribution in [0.1, 0.15) is 38.5 Å². The second-order valence-electron chi connectivity index (χ2n) is 6.48. The summed E-state index contributed by atoms with van der Waals surface area (Å²) in [5.74, 6) is 0.494. The van der Waals surface area contributed by atoms with Gasteiger partial charge in [-0.15, -0.1) is 0 Å². The first-order valence-electron chi connectivity index (χ1n) is 8.75. The minimum Gasteiger partial charge on any atom is -0.369 e. The molecule has 0 radical (unpaired) electrons. The molecule has 138 valence electrons. The van der Waals surface area contributed by atoms with Crippen LogP contribution in [0.4, 0.5) is 13.6 Å². The molecule has 2 rings (SSSR count). The molecule has 2 N–H and O–H groups in total. The zero-order valence-electron chi connectivity index (χ0n) is 13.9. The van der Waals surface area contributed by atoms with Crippen molar-refractivity contribution >= 4 is 11.9 Å². The zero-order valence-corrected chi connectivity index (χ0v) is 13.9. The summed E-state index contributed by atoms with van der Waals surface area (Å²) in [4.78, 5) is 25.1. The van der Waals surface area contributed by atoms with E-state index in [2.05, 4.69) is 10.6 Å². The maximum atomic E-state index is 12.6. The number of alkyl halides is 2. The fraction of sp³-hybridized carbons (Fsp3) is 0.875. The van der Waals surface area contributed by atoms with Crippen molar-refractivity contribution in [3.63, 3.8) is 0 Å². The van der Waals surface area contributed by atoms with Gasteiger partial charge in [-0.3, -0.25) is 4.79 Å². The predicted octanol–water partition coefficient (Wildman–Crippen LogP) is 1.75. The normalized spacial score (nSPS) is 22.5. The van der Waals surface area contributed by atoms with Crippen LogP contribution in [0.5, 0.6) is 0 Å². The molecule has 1 saturated carbocycles. The van der Waals surface area contributed by atoms with E-state index >= 15 is 0 Å². The minimum atomic E-state index is -2.60. The van der Waals surface area contributed by atoms with Crippen molar-refractivity contribution in [3.05, 3.63) is 0 Å². The summed E-state index contributed by atoms with van der Waals surface area (Å²) in [7, 11) is 0. The van der Waals surface area contributed by atoms with Crippen molar-refractivity contribution in [1.82, 2.24) is 15.5 Å². The van der Waals surface area contributed by atoms with Gasteiger partial charge in [-0.25, -0.2) is 13.6 Å². The third-order valence-electron chi connectivity index (χ3n) is 4.58. The third kappa shape index (κ3) is 6.22. The van der Waals surface area contributed by atoms with Gasteiger partial charge in [0, 0.05) is 26.1 Å². The average molecular weight is 347 g/mol. The smallest absolute Gasteiger partial charge is 0.317 e. The predicted molar refractivity (Wildman–Crippen MR) is 84.9 cm³/mol. The SMILES string of the molecule is O=C(CC1CCCCC1)NCCNC(=O)N1CCO[C@@H](C(F)F)C1. The molecule has 0 aromatic rings. The first-order chi connectivity index (χ1) is 11.6. The summed E-state index contributed by atoms with van der Waals surface area (Å²) in [5, 5.41) is 5.44. The first-order valence-corrected chi connectivity index (χ1v) is 8.75. The quantitative estimate of drug-likeness (QED) is 0.719. The van der Waals surface area contributed by atoms with Crippen LogP contribution in [0, 0.1) is 5.92 Å². The van der Waals surface area contributed by atoms with Gasteiger partial charge in [-0.2, -0.15) is 0 Å². The molecule has 0 bridgehead atoms. The van der Waals surface area contributed by atoms with Crippen LogP contribution >= 0.6 is 0 Å². The molecular weight excluding hydrogens is 320 g/mol. The molecule has 8 heteroatoms. The fourth-order valence-electron chi connectivity index (χ4n) is 3.22. The molecule has 2 fully saturated rings. The molecule has 1 aliphatic heterocycles. The summed E-state index contributed by atoms with van der Waals surface area (Å²) in [6.45, 7) is 0.924. The number of hydrogen-bond acceptors (Lipinski definition) is 3. The zero-order chi connectivity index (χ0) is 17.4. The molecule has 1 atom stereocenters. The number of ether oxygens (including phenoxy) is 1. The van der Waals surface area contributed by atoms with E-state index in [0.29, 0.717) is 25.4 Å². The Labute approximate surface area is 141 Å². The Morgan fingerprint density at radius 3 is 2.54 bits per heavy atom. The van der Waals surface area contributed by atoms with Crippen LogP contribution in [0.2, 0.25) is 0 Å². The van der Waals surface area contributed by atoms with Gasteiger partial charge in [0.05, 0.1) is 13.2 Å². The number of nitrogens with zero attached hydrogens (tertiary/aromatic N) is 1. The number of hydrogen-bond donors (Lipinski definition) is 2. The van der Waals surface area contributed by atoms with E-state index in [-0.39, 0.29) is 25.6 Å². The van der Waals surface area contributed by atoms with Gasteiger partial charge in [0.15, 0.2) is 0 Å². The molecule has 24 heavy (non-hydrogen) atoms. The van der Waals surface area contributed by atoms with Crippen LogP contribution in [-0.2, 0) is 9.53 Å². The molecule has 1 heterocycles. The molecule has 0 unspecified atom stereocenters. The number of morpholine rings is 1. The number of carbonyl (C=O) groups excluding carboxylic acids is 2. The molecule has 3 amide bonds. The Hall–Kier alpha value is -1.44. The van der Waals surface area contributed by atoms with E-state index in [0.717, 1.165) is 12.8 Å². The molecule has 2 aliphatic rings. The summed E-state index contributed by atoms with van der Waals surface area (Å²) in [5.41, 5.74) is 0. The molecule has 0 aromatic heterocycles. The number of rotatable bonds is 6. The second-order valence-corrected chi connectivity index (χ2v) is 6.48. The summed E-state index contributed by atoms with van der Waals surface area (Å²) in [6, 6.07) is -0.398. The monoisotopic (exact) mass is 347 g/mol. The fourth-order valence-corrected chi connectivity index (χ4v) is 3.22. The molecule has 1 saturated heterocycles. The van der Waals surface area contributed by atoms with Gasteiger partial charge in [0.2, 0.25) is 5.91 Å². The van der Waals surface area contributed by atoms with Crippen molar-refractivity contribution in [2.75, 3.05) is 32.8 Å². The van der Waals surface area contributed by atoms with Crippen molar-refractivity contribution in [1.29, 1.82) is 0 Å². The minimum absolute atomic E-state index is 0.0142. The Morgan fingerprint density at radius 2 is 1.83 bits per heavy atom. The van der Waals surface area contributed by atoms with Gasteiger partial charge in [-0.05, 0) is 18.8 Å². The second kappa shape index (κ2) is 9.76. The van der Waals surface area contributed by atoms with E-state index in [4.69, 9.17) is 4.74 Å². The van der Waals surface area contributed by atoms with Crippen LogP contribution in [0.25, 0.3) is 0 Å². The highest BCUT2D eigenvalue weighted by molar-refractivity contribution is 5.76. The topological polar surface area (TPSA) is 70.7 Å². The van der Waals surface area contributed by atoms with Crippen molar-refractivity contribution in [2.45, 2.75) is 51.1 Å². The van der Waals surface area contributed by atoms with Crippen LogP contribution in [0.3, 0.4) is 0 Å². The Bertz CT molecular complexity index is 417. The molecular formula is C16H27F2N3O3. The lowest BCUT2D eigenvalue weighted by molar-refractivity contribution is -0.122. The highest BCUT2D eigenvalue weighted by Gasteiger charge is 2.30. The number of amides is 3. The Balaban J connectivity index is 1.57. The van der Waals surface area contributed by atoms with E-state index in [1.54, 1.807) is 0 Å². The first kappa shape index (κ1) is 18.9. The summed E-state index contributed by atoms with van der Waals surface area (Å²) < 4.78 is 30.1. The Kier molecular flexibility index (Phi) is 7.68. The third-order valence-corrected chi connectivity index (χ3v) is 4.58. The van der Waals surface area contributed by atoms with Crippen LogP contribution < -0.4 is 10.6 Å². The van der Waals surface area contributed by atoms with Crippen LogP contribution in [-0.4, -0.2) is 62.2 Å². The largest absolute Gasteiger partial charge is 0.369 e. The van der Waals surface area contributed by atoms with Gasteiger partial charge < -0.3 is 20.3 Å². The summed E-state index contributed by atoms with van der Waals surface area (Å²) >= 11 is 0. The number of urea groups is 1. The molecule has 0 aromatic carbocycles. The van der Waals surface area contributed by atoms with Gasteiger partial charge >= 0.3 is 6.03 Å².